The zero-order valence-corrected chi connectivity index (χ0v) is 17.1. The average Bonchev–Trinajstić information content (AvgIpc) is 3.08. The van der Waals surface area contributed by atoms with E-state index in [0.29, 0.717) is 37.3 Å². The first kappa shape index (κ1) is 19.8. The van der Waals surface area contributed by atoms with Gasteiger partial charge in [-0.1, -0.05) is 0 Å². The first-order valence-corrected chi connectivity index (χ1v) is 10.0. The first-order valence-electron chi connectivity index (χ1n) is 10.0. The highest BCUT2D eigenvalue weighted by atomic mass is 16.2. The number of carbonyl (C=O) groups excluding carboxylic acids is 2. The van der Waals surface area contributed by atoms with Crippen molar-refractivity contribution in [2.24, 2.45) is 5.92 Å². The number of carbonyl (C=O) groups is 2. The van der Waals surface area contributed by atoms with Crippen LogP contribution in [0, 0.1) is 19.8 Å². The smallest absolute Gasteiger partial charge is 0.227 e. The molecule has 0 unspecified atom stereocenters. The van der Waals surface area contributed by atoms with Gasteiger partial charge in [0.1, 0.15) is 5.78 Å². The SMILES string of the molecule is Cc1cc(C)n(-c2ccc(Nc3ccc(NC(=O)C4CCC(=O)CC4)cc3)nn2)n1. The molecule has 4 rings (SSSR count). The third kappa shape index (κ3) is 4.53. The van der Waals surface area contributed by atoms with Crippen molar-refractivity contribution in [1.29, 1.82) is 0 Å². The third-order valence-corrected chi connectivity index (χ3v) is 5.22. The molecule has 0 radical (unpaired) electrons. The van der Waals surface area contributed by atoms with Crippen LogP contribution in [0.1, 0.15) is 37.1 Å². The standard InChI is InChI=1S/C22H24N6O2/c1-14-13-15(2)28(27-14)21-12-11-20(25-26-21)23-17-5-7-18(8-6-17)24-22(30)16-3-9-19(29)10-4-16/h5-8,11-13,16H,3-4,9-10H2,1-2H3,(H,23,25)(H,24,30). The highest BCUT2D eigenvalue weighted by Gasteiger charge is 2.24. The molecular weight excluding hydrogens is 380 g/mol. The second kappa shape index (κ2) is 8.44. The number of aromatic nitrogens is 4. The fraction of sp³-hybridized carbons (Fsp3) is 0.318. The minimum absolute atomic E-state index is 0.0196. The van der Waals surface area contributed by atoms with Crippen molar-refractivity contribution in [2.75, 3.05) is 10.6 Å². The molecule has 0 spiro atoms. The molecule has 1 aliphatic carbocycles. The maximum Gasteiger partial charge on any atom is 0.227 e. The summed E-state index contributed by atoms with van der Waals surface area (Å²) in [5, 5.41) is 19.0. The number of nitrogens with one attached hydrogen (secondary N) is 2. The lowest BCUT2D eigenvalue weighted by molar-refractivity contribution is -0.125. The molecule has 0 aliphatic heterocycles. The minimum Gasteiger partial charge on any atom is -0.339 e. The topological polar surface area (TPSA) is 102 Å². The lowest BCUT2D eigenvalue weighted by atomic mass is 9.88. The van der Waals surface area contributed by atoms with Gasteiger partial charge < -0.3 is 10.6 Å². The Morgan fingerprint density at radius 1 is 1.00 bits per heavy atom. The number of ketones is 1. The van der Waals surface area contributed by atoms with Crippen LogP contribution in [-0.2, 0) is 9.59 Å². The van der Waals surface area contributed by atoms with E-state index in [4.69, 9.17) is 0 Å². The highest BCUT2D eigenvalue weighted by molar-refractivity contribution is 5.94. The first-order chi connectivity index (χ1) is 14.5. The van der Waals surface area contributed by atoms with Gasteiger partial charge in [0, 0.05) is 35.8 Å². The molecule has 0 bridgehead atoms. The summed E-state index contributed by atoms with van der Waals surface area (Å²) in [5.41, 5.74) is 3.50. The predicted molar refractivity (Wildman–Crippen MR) is 114 cm³/mol. The van der Waals surface area contributed by atoms with E-state index in [9.17, 15) is 9.59 Å². The molecule has 2 aromatic heterocycles. The molecule has 154 valence electrons. The molecule has 1 saturated carbocycles. The number of aryl methyl sites for hydroxylation is 2. The third-order valence-electron chi connectivity index (χ3n) is 5.22. The normalized spacial score (nSPS) is 14.5. The van der Waals surface area contributed by atoms with Crippen LogP contribution in [0.25, 0.3) is 5.82 Å². The number of anilines is 3. The Balaban J connectivity index is 1.36. The molecule has 8 nitrogen and oxygen atoms in total. The lowest BCUT2D eigenvalue weighted by Gasteiger charge is -2.20. The molecule has 0 saturated heterocycles. The van der Waals surface area contributed by atoms with Gasteiger partial charge in [-0.05, 0) is 69.2 Å². The van der Waals surface area contributed by atoms with Crippen LogP contribution >= 0.6 is 0 Å². The molecule has 3 aromatic rings. The number of nitrogens with zero attached hydrogens (tertiary/aromatic N) is 4. The van der Waals surface area contributed by atoms with E-state index in [1.54, 1.807) is 4.68 Å². The maximum atomic E-state index is 12.4. The van der Waals surface area contributed by atoms with Gasteiger partial charge >= 0.3 is 0 Å². The molecule has 1 aromatic carbocycles. The number of rotatable bonds is 5. The maximum absolute atomic E-state index is 12.4. The van der Waals surface area contributed by atoms with E-state index in [1.165, 1.54) is 0 Å². The molecule has 30 heavy (non-hydrogen) atoms. The van der Waals surface area contributed by atoms with E-state index < -0.39 is 0 Å². The van der Waals surface area contributed by atoms with Crippen molar-refractivity contribution in [1.82, 2.24) is 20.0 Å². The summed E-state index contributed by atoms with van der Waals surface area (Å²) in [4.78, 5) is 23.7. The van der Waals surface area contributed by atoms with E-state index in [1.807, 2.05) is 56.3 Å². The van der Waals surface area contributed by atoms with E-state index >= 15 is 0 Å². The minimum atomic E-state index is -0.0866. The monoisotopic (exact) mass is 404 g/mol. The van der Waals surface area contributed by atoms with Gasteiger partial charge in [0.05, 0.1) is 5.69 Å². The van der Waals surface area contributed by atoms with Crippen LogP contribution < -0.4 is 10.6 Å². The molecule has 1 amide bonds. The zero-order valence-electron chi connectivity index (χ0n) is 17.1. The second-order valence-corrected chi connectivity index (χ2v) is 7.62. The second-order valence-electron chi connectivity index (χ2n) is 7.62. The van der Waals surface area contributed by atoms with Gasteiger partial charge in [-0.25, -0.2) is 4.68 Å². The van der Waals surface area contributed by atoms with Crippen molar-refractivity contribution in [3.63, 3.8) is 0 Å². The summed E-state index contributed by atoms with van der Waals surface area (Å²) in [6.45, 7) is 3.91. The number of Topliss-reactive ketones (excluding diaryl/α,β-unsaturated/α-hetero) is 1. The van der Waals surface area contributed by atoms with Crippen LogP contribution in [0.5, 0.6) is 0 Å². The summed E-state index contributed by atoms with van der Waals surface area (Å²) in [6, 6.07) is 13.1. The lowest BCUT2D eigenvalue weighted by Crippen LogP contribution is -2.27. The summed E-state index contributed by atoms with van der Waals surface area (Å²) >= 11 is 0. The number of hydrogen-bond donors (Lipinski definition) is 2. The molecule has 1 fully saturated rings. The van der Waals surface area contributed by atoms with Crippen molar-refractivity contribution < 1.29 is 9.59 Å². The van der Waals surface area contributed by atoms with Crippen LogP contribution in [0.4, 0.5) is 17.2 Å². The van der Waals surface area contributed by atoms with Gasteiger partial charge in [0.15, 0.2) is 11.6 Å². The Hall–Kier alpha value is -3.55. The molecule has 8 heteroatoms. The van der Waals surface area contributed by atoms with Crippen molar-refractivity contribution in [2.45, 2.75) is 39.5 Å². The summed E-state index contributed by atoms with van der Waals surface area (Å²) in [6.07, 6.45) is 2.27. The van der Waals surface area contributed by atoms with Crippen molar-refractivity contribution >= 4 is 28.9 Å². The number of amides is 1. The molecule has 0 atom stereocenters. The number of hydrogen-bond acceptors (Lipinski definition) is 6. The van der Waals surface area contributed by atoms with Gasteiger partial charge in [0.2, 0.25) is 5.91 Å². The van der Waals surface area contributed by atoms with Crippen molar-refractivity contribution in [3.05, 3.63) is 53.9 Å². The summed E-state index contributed by atoms with van der Waals surface area (Å²) in [7, 11) is 0. The van der Waals surface area contributed by atoms with E-state index in [2.05, 4.69) is 25.9 Å². The highest BCUT2D eigenvalue weighted by Crippen LogP contribution is 2.24. The fourth-order valence-electron chi connectivity index (χ4n) is 3.60. The van der Waals surface area contributed by atoms with Gasteiger partial charge in [0.25, 0.3) is 0 Å². The predicted octanol–water partition coefficient (Wildman–Crippen LogP) is 3.72. The molecule has 1 aliphatic rings. The fourth-order valence-corrected chi connectivity index (χ4v) is 3.60. The molecule has 2 heterocycles. The van der Waals surface area contributed by atoms with E-state index in [-0.39, 0.29) is 17.6 Å². The van der Waals surface area contributed by atoms with E-state index in [0.717, 1.165) is 22.8 Å². The van der Waals surface area contributed by atoms with Crippen LogP contribution in [-0.4, -0.2) is 31.7 Å². The Morgan fingerprint density at radius 3 is 2.30 bits per heavy atom. The van der Waals surface area contributed by atoms with Crippen molar-refractivity contribution in [3.8, 4) is 5.82 Å². The Kier molecular flexibility index (Phi) is 5.56. The molecular formula is C22H24N6O2. The van der Waals surface area contributed by atoms with Crippen LogP contribution in [0.15, 0.2) is 42.5 Å². The Morgan fingerprint density at radius 2 is 1.70 bits per heavy atom. The number of benzene rings is 1. The summed E-state index contributed by atoms with van der Waals surface area (Å²) in [5.74, 6) is 1.42. The summed E-state index contributed by atoms with van der Waals surface area (Å²) < 4.78 is 1.76. The quantitative estimate of drug-likeness (QED) is 0.672. The largest absolute Gasteiger partial charge is 0.339 e. The van der Waals surface area contributed by atoms with Crippen LogP contribution in [0.2, 0.25) is 0 Å². The van der Waals surface area contributed by atoms with Gasteiger partial charge in [-0.3, -0.25) is 9.59 Å². The Bertz CT molecular complexity index is 1050. The van der Waals surface area contributed by atoms with Gasteiger partial charge in [-0.15, -0.1) is 10.2 Å². The Labute approximate surface area is 174 Å². The molecule has 2 N–H and O–H groups in total. The van der Waals surface area contributed by atoms with Crippen LogP contribution in [0.3, 0.4) is 0 Å². The average molecular weight is 404 g/mol. The van der Waals surface area contributed by atoms with Gasteiger partial charge in [-0.2, -0.15) is 5.10 Å². The zero-order chi connectivity index (χ0) is 21.1.